The number of aryl methyl sites for hydroxylation is 1. The fourth-order valence-corrected chi connectivity index (χ4v) is 2.98. The summed E-state index contributed by atoms with van der Waals surface area (Å²) in [6, 6.07) is 0. The quantitative estimate of drug-likeness (QED) is 0.837. The summed E-state index contributed by atoms with van der Waals surface area (Å²) in [5.41, 5.74) is -0.170. The first-order valence-electron chi connectivity index (χ1n) is 7.17. The lowest BCUT2D eigenvalue weighted by atomic mass is 9.83. The van der Waals surface area contributed by atoms with E-state index in [0.717, 1.165) is 38.1 Å². The Kier molecular flexibility index (Phi) is 3.81. The molecule has 1 atom stereocenters. The topological polar surface area (TPSA) is 38.0 Å². The van der Waals surface area contributed by atoms with Crippen molar-refractivity contribution < 1.29 is 5.11 Å². The Bertz CT molecular complexity index is 397. The van der Waals surface area contributed by atoms with Crippen molar-refractivity contribution in [2.45, 2.75) is 71.4 Å². The summed E-state index contributed by atoms with van der Waals surface area (Å²) in [4.78, 5) is 4.40. The predicted molar refractivity (Wildman–Crippen MR) is 73.4 cm³/mol. The lowest BCUT2D eigenvalue weighted by Crippen LogP contribution is -2.32. The summed E-state index contributed by atoms with van der Waals surface area (Å²) in [6.07, 6.45) is 9.79. The first kappa shape index (κ1) is 13.6. The molecule has 0 radical (unpaired) electrons. The van der Waals surface area contributed by atoms with Gasteiger partial charge < -0.3 is 9.67 Å². The van der Waals surface area contributed by atoms with E-state index in [9.17, 15) is 5.11 Å². The third-order valence-corrected chi connectivity index (χ3v) is 4.39. The van der Waals surface area contributed by atoms with Crippen molar-refractivity contribution in [1.29, 1.82) is 0 Å². The van der Waals surface area contributed by atoms with Gasteiger partial charge in [0.25, 0.3) is 0 Å². The molecular formula is C15H26N2O. The van der Waals surface area contributed by atoms with Crippen molar-refractivity contribution >= 4 is 0 Å². The molecule has 1 aliphatic rings. The lowest BCUT2D eigenvalue weighted by molar-refractivity contribution is 0.0200. The van der Waals surface area contributed by atoms with E-state index in [2.05, 4.69) is 30.3 Å². The highest BCUT2D eigenvalue weighted by molar-refractivity contribution is 5.00. The van der Waals surface area contributed by atoms with Gasteiger partial charge in [0.1, 0.15) is 5.82 Å². The van der Waals surface area contributed by atoms with E-state index in [4.69, 9.17) is 0 Å². The Hall–Kier alpha value is -0.830. The fourth-order valence-electron chi connectivity index (χ4n) is 2.98. The van der Waals surface area contributed by atoms with E-state index in [0.29, 0.717) is 11.8 Å². The highest BCUT2D eigenvalue weighted by Gasteiger charge is 2.34. The third kappa shape index (κ3) is 3.14. The van der Waals surface area contributed by atoms with Crippen LogP contribution in [-0.2, 0) is 13.0 Å². The van der Waals surface area contributed by atoms with E-state index in [-0.39, 0.29) is 0 Å². The second-order valence-corrected chi connectivity index (χ2v) is 6.55. The Morgan fingerprint density at radius 2 is 2.06 bits per heavy atom. The molecule has 0 aliphatic heterocycles. The second kappa shape index (κ2) is 5.04. The minimum atomic E-state index is -0.550. The Morgan fingerprint density at radius 1 is 1.28 bits per heavy atom. The van der Waals surface area contributed by atoms with Crippen molar-refractivity contribution in [1.82, 2.24) is 9.55 Å². The van der Waals surface area contributed by atoms with Gasteiger partial charge in [0.05, 0.1) is 5.60 Å². The minimum Gasteiger partial charge on any atom is -0.389 e. The van der Waals surface area contributed by atoms with Gasteiger partial charge in [0, 0.05) is 25.4 Å². The first-order chi connectivity index (χ1) is 8.44. The van der Waals surface area contributed by atoms with E-state index in [1.54, 1.807) is 0 Å². The van der Waals surface area contributed by atoms with Crippen molar-refractivity contribution in [2.75, 3.05) is 0 Å². The smallest absolute Gasteiger partial charge is 0.111 e. The van der Waals surface area contributed by atoms with Crippen LogP contribution in [0.5, 0.6) is 0 Å². The normalized spacial score (nSPS) is 28.0. The molecule has 0 bridgehead atoms. The summed E-state index contributed by atoms with van der Waals surface area (Å²) >= 11 is 0. The van der Waals surface area contributed by atoms with E-state index in [1.807, 2.05) is 12.4 Å². The van der Waals surface area contributed by atoms with Crippen molar-refractivity contribution in [3.63, 3.8) is 0 Å². The monoisotopic (exact) mass is 250 g/mol. The van der Waals surface area contributed by atoms with Gasteiger partial charge in [-0.15, -0.1) is 0 Å². The number of hydrogen-bond donors (Lipinski definition) is 1. The molecule has 2 rings (SSSR count). The van der Waals surface area contributed by atoms with Gasteiger partial charge in [-0.25, -0.2) is 4.98 Å². The van der Waals surface area contributed by atoms with E-state index >= 15 is 0 Å². The van der Waals surface area contributed by atoms with Gasteiger partial charge in [-0.2, -0.15) is 0 Å². The van der Waals surface area contributed by atoms with Gasteiger partial charge in [0.2, 0.25) is 0 Å². The molecule has 3 nitrogen and oxygen atoms in total. The predicted octanol–water partition coefficient (Wildman–Crippen LogP) is 3.17. The highest BCUT2D eigenvalue weighted by Crippen LogP contribution is 2.39. The van der Waals surface area contributed by atoms with Crippen molar-refractivity contribution in [2.24, 2.45) is 5.41 Å². The number of nitrogens with zero attached hydrogens (tertiary/aromatic N) is 2. The number of rotatable bonds is 3. The van der Waals surface area contributed by atoms with Gasteiger partial charge in [-0.05, 0) is 38.0 Å². The molecule has 0 spiro atoms. The zero-order valence-corrected chi connectivity index (χ0v) is 11.9. The number of aliphatic hydroxyl groups is 1. The molecule has 1 aliphatic carbocycles. The molecule has 1 heterocycles. The Balaban J connectivity index is 2.07. The molecule has 18 heavy (non-hydrogen) atoms. The largest absolute Gasteiger partial charge is 0.389 e. The molecule has 1 aromatic rings. The molecular weight excluding hydrogens is 224 g/mol. The molecule has 1 aromatic heterocycles. The molecule has 3 heteroatoms. The van der Waals surface area contributed by atoms with Crippen LogP contribution >= 0.6 is 0 Å². The summed E-state index contributed by atoms with van der Waals surface area (Å²) in [5, 5.41) is 10.8. The Labute approximate surface area is 110 Å². The summed E-state index contributed by atoms with van der Waals surface area (Å²) < 4.78 is 2.13. The minimum absolute atomic E-state index is 0.380. The van der Waals surface area contributed by atoms with Crippen LogP contribution in [0.15, 0.2) is 12.4 Å². The zero-order valence-electron chi connectivity index (χ0n) is 11.9. The van der Waals surface area contributed by atoms with Gasteiger partial charge in [-0.1, -0.05) is 20.3 Å². The third-order valence-electron chi connectivity index (χ3n) is 4.39. The van der Waals surface area contributed by atoms with E-state index in [1.165, 1.54) is 6.42 Å². The maximum absolute atomic E-state index is 10.8. The van der Waals surface area contributed by atoms with E-state index < -0.39 is 5.60 Å². The van der Waals surface area contributed by atoms with Gasteiger partial charge in [0.15, 0.2) is 0 Å². The summed E-state index contributed by atoms with van der Waals surface area (Å²) in [7, 11) is 0. The van der Waals surface area contributed by atoms with Crippen LogP contribution in [0.25, 0.3) is 0 Å². The van der Waals surface area contributed by atoms with Crippen molar-refractivity contribution in [3.8, 4) is 0 Å². The number of hydrogen-bond acceptors (Lipinski definition) is 2. The molecule has 102 valence electrons. The van der Waals surface area contributed by atoms with Gasteiger partial charge in [-0.3, -0.25) is 0 Å². The van der Waals surface area contributed by atoms with Crippen molar-refractivity contribution in [3.05, 3.63) is 18.2 Å². The first-order valence-corrected chi connectivity index (χ1v) is 7.17. The molecule has 1 saturated carbocycles. The van der Waals surface area contributed by atoms with Crippen LogP contribution in [0.2, 0.25) is 0 Å². The van der Waals surface area contributed by atoms with Crippen LogP contribution < -0.4 is 0 Å². The standard InChI is InChI=1S/C15H26N2O/c1-4-17-11-10-16-13(17)12-15(18)7-5-6-14(2,3)8-9-15/h10-11,18H,4-9,12H2,1-3H3. The van der Waals surface area contributed by atoms with Crippen LogP contribution in [0, 0.1) is 5.41 Å². The number of aromatic nitrogens is 2. The summed E-state index contributed by atoms with van der Waals surface area (Å²) in [6.45, 7) is 7.67. The average Bonchev–Trinajstić information content (AvgIpc) is 2.68. The maximum Gasteiger partial charge on any atom is 0.111 e. The summed E-state index contributed by atoms with van der Waals surface area (Å²) in [5.74, 6) is 1.03. The van der Waals surface area contributed by atoms with Crippen LogP contribution in [0.1, 0.15) is 58.7 Å². The zero-order chi connectivity index (χ0) is 13.2. The SMILES string of the molecule is CCn1ccnc1CC1(O)CCCC(C)(C)CC1. The molecule has 0 aromatic carbocycles. The van der Waals surface area contributed by atoms with Gasteiger partial charge >= 0.3 is 0 Å². The van der Waals surface area contributed by atoms with Crippen LogP contribution in [-0.4, -0.2) is 20.3 Å². The lowest BCUT2D eigenvalue weighted by Gasteiger charge is -2.27. The van der Waals surface area contributed by atoms with Crippen LogP contribution in [0.4, 0.5) is 0 Å². The highest BCUT2D eigenvalue weighted by atomic mass is 16.3. The average molecular weight is 250 g/mol. The van der Waals surface area contributed by atoms with Crippen LogP contribution in [0.3, 0.4) is 0 Å². The number of imidazole rings is 1. The molecule has 1 unspecified atom stereocenters. The second-order valence-electron chi connectivity index (χ2n) is 6.55. The molecule has 1 N–H and O–H groups in total. The Morgan fingerprint density at radius 3 is 2.78 bits per heavy atom. The maximum atomic E-state index is 10.8. The molecule has 1 fully saturated rings. The fraction of sp³-hybridized carbons (Fsp3) is 0.800. The molecule has 0 amide bonds. The molecule has 0 saturated heterocycles.